The van der Waals surface area contributed by atoms with Crippen LogP contribution >= 0.6 is 0 Å². The van der Waals surface area contributed by atoms with E-state index < -0.39 is 17.7 Å². The predicted molar refractivity (Wildman–Crippen MR) is 105 cm³/mol. The Morgan fingerprint density at radius 1 is 0.935 bits per heavy atom. The number of carbonyl (C=O) groups is 1. The van der Waals surface area contributed by atoms with Gasteiger partial charge in [0.2, 0.25) is 0 Å². The minimum absolute atomic E-state index is 0.172. The monoisotopic (exact) mass is 434 g/mol. The number of aromatic nitrogens is 2. The van der Waals surface area contributed by atoms with Crippen LogP contribution in [0.15, 0.2) is 48.5 Å². The zero-order chi connectivity index (χ0) is 22.0. The maximum Gasteiger partial charge on any atom is 0.437 e. The SMILES string of the molecule is O=C(COc1ccc(F)cc1)N1CCN(c2nc3ccccc3nc2C(F)(F)F)CC1. The number of ether oxygens (including phenoxy) is 1. The summed E-state index contributed by atoms with van der Waals surface area (Å²) in [5.74, 6) is -0.593. The summed E-state index contributed by atoms with van der Waals surface area (Å²) in [6, 6.07) is 11.7. The summed E-state index contributed by atoms with van der Waals surface area (Å²) < 4.78 is 59.0. The number of para-hydroxylation sites is 2. The highest BCUT2D eigenvalue weighted by molar-refractivity contribution is 5.79. The molecule has 4 rings (SSSR count). The number of alkyl halides is 3. The number of carbonyl (C=O) groups excluding carboxylic acids is 1. The van der Waals surface area contributed by atoms with Crippen LogP contribution in [0, 0.1) is 5.82 Å². The van der Waals surface area contributed by atoms with Crippen molar-refractivity contribution in [2.75, 3.05) is 37.7 Å². The summed E-state index contributed by atoms with van der Waals surface area (Å²) in [6.07, 6.45) is -4.65. The quantitative estimate of drug-likeness (QED) is 0.589. The number of piperazine rings is 1. The Kier molecular flexibility index (Phi) is 5.62. The van der Waals surface area contributed by atoms with Crippen molar-refractivity contribution in [2.24, 2.45) is 0 Å². The summed E-state index contributed by atoms with van der Waals surface area (Å²) in [5.41, 5.74) is -0.493. The fourth-order valence-electron chi connectivity index (χ4n) is 3.34. The van der Waals surface area contributed by atoms with E-state index in [2.05, 4.69) is 9.97 Å². The number of nitrogens with zero attached hydrogens (tertiary/aromatic N) is 4. The first-order valence-corrected chi connectivity index (χ1v) is 9.56. The van der Waals surface area contributed by atoms with Gasteiger partial charge in [-0.15, -0.1) is 0 Å². The van der Waals surface area contributed by atoms with E-state index >= 15 is 0 Å². The number of fused-ring (bicyclic) bond motifs is 1. The molecule has 0 spiro atoms. The van der Waals surface area contributed by atoms with Crippen LogP contribution in [0.5, 0.6) is 5.75 Å². The average Bonchev–Trinajstić information content (AvgIpc) is 2.77. The van der Waals surface area contributed by atoms with Gasteiger partial charge >= 0.3 is 6.18 Å². The molecule has 2 aromatic carbocycles. The van der Waals surface area contributed by atoms with Gasteiger partial charge in [-0.3, -0.25) is 4.79 Å². The molecule has 0 unspecified atom stereocenters. The molecule has 1 fully saturated rings. The lowest BCUT2D eigenvalue weighted by molar-refractivity contribution is -0.141. The zero-order valence-corrected chi connectivity index (χ0v) is 16.3. The average molecular weight is 434 g/mol. The van der Waals surface area contributed by atoms with Crippen LogP contribution in [0.25, 0.3) is 11.0 Å². The van der Waals surface area contributed by atoms with E-state index in [-0.39, 0.29) is 50.0 Å². The summed E-state index contributed by atoms with van der Waals surface area (Å²) >= 11 is 0. The predicted octanol–water partition coefficient (Wildman–Crippen LogP) is 3.52. The number of hydrogen-bond donors (Lipinski definition) is 0. The van der Waals surface area contributed by atoms with Crippen molar-refractivity contribution in [3.63, 3.8) is 0 Å². The third kappa shape index (κ3) is 4.68. The first-order valence-electron chi connectivity index (χ1n) is 9.56. The number of hydrogen-bond acceptors (Lipinski definition) is 5. The summed E-state index contributed by atoms with van der Waals surface area (Å²) in [6.45, 7) is 0.556. The molecule has 1 amide bonds. The zero-order valence-electron chi connectivity index (χ0n) is 16.3. The number of amides is 1. The minimum atomic E-state index is -4.65. The molecule has 0 N–H and O–H groups in total. The molecular weight excluding hydrogens is 416 g/mol. The van der Waals surface area contributed by atoms with Crippen molar-refractivity contribution in [1.82, 2.24) is 14.9 Å². The fraction of sp³-hybridized carbons (Fsp3) is 0.286. The molecule has 1 aliphatic rings. The van der Waals surface area contributed by atoms with Crippen molar-refractivity contribution in [2.45, 2.75) is 6.18 Å². The molecule has 0 saturated carbocycles. The van der Waals surface area contributed by atoms with Gasteiger partial charge in [0.05, 0.1) is 11.0 Å². The Bertz CT molecular complexity index is 1080. The van der Waals surface area contributed by atoms with Crippen LogP contribution in [0.1, 0.15) is 5.69 Å². The minimum Gasteiger partial charge on any atom is -0.484 e. The Labute approximate surface area is 175 Å². The van der Waals surface area contributed by atoms with E-state index in [0.29, 0.717) is 11.3 Å². The normalized spacial score (nSPS) is 14.7. The van der Waals surface area contributed by atoms with Gasteiger partial charge in [-0.2, -0.15) is 13.2 Å². The van der Waals surface area contributed by atoms with Crippen molar-refractivity contribution in [3.8, 4) is 5.75 Å². The Morgan fingerprint density at radius 3 is 2.16 bits per heavy atom. The third-order valence-corrected chi connectivity index (χ3v) is 4.93. The second kappa shape index (κ2) is 8.37. The molecule has 0 radical (unpaired) electrons. The van der Waals surface area contributed by atoms with Gasteiger partial charge in [-0.1, -0.05) is 12.1 Å². The van der Waals surface area contributed by atoms with Crippen LogP contribution in [-0.2, 0) is 11.0 Å². The molecule has 31 heavy (non-hydrogen) atoms. The lowest BCUT2D eigenvalue weighted by atomic mass is 10.2. The summed E-state index contributed by atoms with van der Waals surface area (Å²) in [5, 5.41) is 0. The van der Waals surface area contributed by atoms with Crippen molar-refractivity contribution in [1.29, 1.82) is 0 Å². The maximum absolute atomic E-state index is 13.6. The molecule has 1 aromatic heterocycles. The van der Waals surface area contributed by atoms with Crippen molar-refractivity contribution >= 4 is 22.8 Å². The molecule has 0 bridgehead atoms. The maximum atomic E-state index is 13.6. The highest BCUT2D eigenvalue weighted by atomic mass is 19.4. The molecule has 10 heteroatoms. The number of rotatable bonds is 4. The molecular formula is C21H18F4N4O2. The largest absolute Gasteiger partial charge is 0.484 e. The van der Waals surface area contributed by atoms with Crippen LogP contribution in [0.3, 0.4) is 0 Å². The van der Waals surface area contributed by atoms with Gasteiger partial charge < -0.3 is 14.5 Å². The fourth-order valence-corrected chi connectivity index (χ4v) is 3.34. The highest BCUT2D eigenvalue weighted by Gasteiger charge is 2.39. The van der Waals surface area contributed by atoms with E-state index in [0.717, 1.165) is 0 Å². The van der Waals surface area contributed by atoms with E-state index in [1.165, 1.54) is 40.1 Å². The highest BCUT2D eigenvalue weighted by Crippen LogP contribution is 2.35. The molecule has 162 valence electrons. The topological polar surface area (TPSA) is 58.6 Å². The van der Waals surface area contributed by atoms with E-state index in [9.17, 15) is 22.4 Å². The second-order valence-corrected chi connectivity index (χ2v) is 6.99. The van der Waals surface area contributed by atoms with Gasteiger partial charge in [-0.05, 0) is 36.4 Å². The van der Waals surface area contributed by atoms with Crippen LogP contribution < -0.4 is 9.64 Å². The third-order valence-electron chi connectivity index (χ3n) is 4.93. The standard InChI is InChI=1S/C21H18F4N4O2/c22-14-5-7-15(8-6-14)31-13-18(30)28-9-11-29(12-10-28)20-19(21(23,24)25)26-16-3-1-2-4-17(16)27-20/h1-8H,9-13H2. The van der Waals surface area contributed by atoms with E-state index in [4.69, 9.17) is 4.74 Å². The van der Waals surface area contributed by atoms with E-state index in [1.54, 1.807) is 18.2 Å². The molecule has 3 aromatic rings. The molecule has 1 saturated heterocycles. The summed E-state index contributed by atoms with van der Waals surface area (Å²) in [4.78, 5) is 23.4. The van der Waals surface area contributed by atoms with Crippen molar-refractivity contribution < 1.29 is 27.1 Å². The number of benzene rings is 2. The molecule has 2 heterocycles. The van der Waals surface area contributed by atoms with Gasteiger partial charge in [-0.25, -0.2) is 14.4 Å². The first-order chi connectivity index (χ1) is 14.8. The molecule has 6 nitrogen and oxygen atoms in total. The molecule has 0 atom stereocenters. The van der Waals surface area contributed by atoms with Gasteiger partial charge in [0.1, 0.15) is 11.6 Å². The van der Waals surface area contributed by atoms with Crippen LogP contribution in [0.4, 0.5) is 23.4 Å². The molecule has 0 aliphatic carbocycles. The Morgan fingerprint density at radius 2 is 1.55 bits per heavy atom. The van der Waals surface area contributed by atoms with Gasteiger partial charge in [0.15, 0.2) is 18.1 Å². The number of halogens is 4. The lowest BCUT2D eigenvalue weighted by Gasteiger charge is -2.36. The summed E-state index contributed by atoms with van der Waals surface area (Å²) in [7, 11) is 0. The van der Waals surface area contributed by atoms with Gasteiger partial charge in [0.25, 0.3) is 5.91 Å². The van der Waals surface area contributed by atoms with E-state index in [1.807, 2.05) is 0 Å². The Balaban J connectivity index is 1.44. The second-order valence-electron chi connectivity index (χ2n) is 6.99. The van der Waals surface area contributed by atoms with Crippen LogP contribution in [0.2, 0.25) is 0 Å². The lowest BCUT2D eigenvalue weighted by Crippen LogP contribution is -2.50. The smallest absolute Gasteiger partial charge is 0.437 e. The number of anilines is 1. The van der Waals surface area contributed by atoms with Crippen molar-refractivity contribution in [3.05, 3.63) is 60.0 Å². The van der Waals surface area contributed by atoms with Crippen LogP contribution in [-0.4, -0.2) is 53.6 Å². The van der Waals surface area contributed by atoms with Gasteiger partial charge in [0, 0.05) is 26.2 Å². The Hall–Kier alpha value is -3.43. The molecule has 1 aliphatic heterocycles. The first kappa shape index (κ1) is 20.8.